The van der Waals surface area contributed by atoms with E-state index < -0.39 is 0 Å². The molecular formula is C16H23N3. The minimum absolute atomic E-state index is 0.331. The van der Waals surface area contributed by atoms with Crippen molar-refractivity contribution in [2.24, 2.45) is 7.05 Å². The van der Waals surface area contributed by atoms with Crippen molar-refractivity contribution in [3.63, 3.8) is 0 Å². The zero-order chi connectivity index (χ0) is 13.8. The minimum atomic E-state index is 0.331. The predicted molar refractivity (Wildman–Crippen MR) is 79.0 cm³/mol. The van der Waals surface area contributed by atoms with E-state index in [1.807, 2.05) is 24.0 Å². The van der Waals surface area contributed by atoms with Crippen LogP contribution in [0.2, 0.25) is 0 Å². The van der Waals surface area contributed by atoms with E-state index in [4.69, 9.17) is 0 Å². The molecular weight excluding hydrogens is 234 g/mol. The number of aromatic nitrogens is 2. The summed E-state index contributed by atoms with van der Waals surface area (Å²) in [5, 5.41) is 3.51. The van der Waals surface area contributed by atoms with E-state index in [1.165, 1.54) is 11.1 Å². The highest BCUT2D eigenvalue weighted by Crippen LogP contribution is 2.18. The molecule has 0 aliphatic rings. The Bertz CT molecular complexity index is 511. The highest BCUT2D eigenvalue weighted by atomic mass is 15.1. The average molecular weight is 257 g/mol. The van der Waals surface area contributed by atoms with Crippen LogP contribution >= 0.6 is 0 Å². The number of hydrogen-bond donors (Lipinski definition) is 1. The fourth-order valence-corrected chi connectivity index (χ4v) is 2.10. The molecule has 1 unspecified atom stereocenters. The zero-order valence-electron chi connectivity index (χ0n) is 12.2. The zero-order valence-corrected chi connectivity index (χ0v) is 12.2. The average Bonchev–Trinajstić information content (AvgIpc) is 2.81. The van der Waals surface area contributed by atoms with Crippen LogP contribution in [0.1, 0.15) is 49.7 Å². The van der Waals surface area contributed by atoms with Crippen LogP contribution in [0.25, 0.3) is 0 Å². The summed E-state index contributed by atoms with van der Waals surface area (Å²) in [6.45, 7) is 7.42. The number of aryl methyl sites for hydroxylation is 1. The molecule has 0 fully saturated rings. The summed E-state index contributed by atoms with van der Waals surface area (Å²) in [6, 6.07) is 9.20. The summed E-state index contributed by atoms with van der Waals surface area (Å²) in [4.78, 5) is 4.32. The van der Waals surface area contributed by atoms with Gasteiger partial charge in [0.25, 0.3) is 0 Å². The highest BCUT2D eigenvalue weighted by molar-refractivity contribution is 5.26. The van der Waals surface area contributed by atoms with Gasteiger partial charge < -0.3 is 9.88 Å². The van der Waals surface area contributed by atoms with Gasteiger partial charge in [-0.2, -0.15) is 0 Å². The maximum atomic E-state index is 4.32. The third-order valence-corrected chi connectivity index (χ3v) is 3.59. The SMILES string of the molecule is CC(C)c1ccc(C(C)NCc2nccn2C)cc1. The van der Waals surface area contributed by atoms with Gasteiger partial charge in [0.05, 0.1) is 6.54 Å². The molecule has 1 heterocycles. The largest absolute Gasteiger partial charge is 0.337 e. The van der Waals surface area contributed by atoms with Crippen LogP contribution in [0, 0.1) is 0 Å². The lowest BCUT2D eigenvalue weighted by molar-refractivity contribution is 0.549. The van der Waals surface area contributed by atoms with Crippen LogP contribution in [-0.4, -0.2) is 9.55 Å². The first-order valence-electron chi connectivity index (χ1n) is 6.87. The van der Waals surface area contributed by atoms with Gasteiger partial charge in [0.2, 0.25) is 0 Å². The van der Waals surface area contributed by atoms with Crippen LogP contribution in [0.5, 0.6) is 0 Å². The molecule has 0 saturated heterocycles. The molecule has 0 spiro atoms. The number of nitrogens with zero attached hydrogens (tertiary/aromatic N) is 2. The lowest BCUT2D eigenvalue weighted by Crippen LogP contribution is -2.20. The Morgan fingerprint density at radius 3 is 2.26 bits per heavy atom. The van der Waals surface area contributed by atoms with Crippen LogP contribution < -0.4 is 5.32 Å². The number of benzene rings is 1. The first kappa shape index (κ1) is 13.8. The lowest BCUT2D eigenvalue weighted by Gasteiger charge is -2.15. The van der Waals surface area contributed by atoms with E-state index in [0.29, 0.717) is 12.0 Å². The molecule has 0 aliphatic heterocycles. The van der Waals surface area contributed by atoms with E-state index in [-0.39, 0.29) is 0 Å². The summed E-state index contributed by atoms with van der Waals surface area (Å²) in [5.41, 5.74) is 2.71. The second kappa shape index (κ2) is 6.02. The van der Waals surface area contributed by atoms with Gasteiger partial charge in [0.15, 0.2) is 0 Å². The topological polar surface area (TPSA) is 29.9 Å². The molecule has 2 aromatic rings. The molecule has 102 valence electrons. The van der Waals surface area contributed by atoms with E-state index in [0.717, 1.165) is 12.4 Å². The van der Waals surface area contributed by atoms with Crippen molar-refractivity contribution in [1.29, 1.82) is 0 Å². The third-order valence-electron chi connectivity index (χ3n) is 3.59. The Hall–Kier alpha value is -1.61. The Morgan fingerprint density at radius 1 is 1.11 bits per heavy atom. The normalized spacial score (nSPS) is 12.9. The molecule has 3 nitrogen and oxygen atoms in total. The van der Waals surface area contributed by atoms with Crippen molar-refractivity contribution in [2.45, 2.75) is 39.3 Å². The van der Waals surface area contributed by atoms with Crippen LogP contribution in [0.3, 0.4) is 0 Å². The number of nitrogens with one attached hydrogen (secondary N) is 1. The molecule has 2 rings (SSSR count). The van der Waals surface area contributed by atoms with E-state index >= 15 is 0 Å². The summed E-state index contributed by atoms with van der Waals surface area (Å²) in [6.07, 6.45) is 3.80. The van der Waals surface area contributed by atoms with Crippen molar-refractivity contribution in [3.8, 4) is 0 Å². The van der Waals surface area contributed by atoms with Gasteiger partial charge in [-0.05, 0) is 24.0 Å². The quantitative estimate of drug-likeness (QED) is 0.889. The van der Waals surface area contributed by atoms with Crippen molar-refractivity contribution < 1.29 is 0 Å². The predicted octanol–water partition coefficient (Wildman–Crippen LogP) is 3.39. The van der Waals surface area contributed by atoms with Gasteiger partial charge in [0.1, 0.15) is 5.82 Å². The van der Waals surface area contributed by atoms with Crippen molar-refractivity contribution in [1.82, 2.24) is 14.9 Å². The molecule has 0 aliphatic carbocycles. The van der Waals surface area contributed by atoms with Crippen LogP contribution in [0.4, 0.5) is 0 Å². The molecule has 1 aromatic carbocycles. The Labute approximate surface area is 115 Å². The fourth-order valence-electron chi connectivity index (χ4n) is 2.10. The standard InChI is InChI=1S/C16H23N3/c1-12(2)14-5-7-15(8-6-14)13(3)18-11-16-17-9-10-19(16)4/h5-10,12-13,18H,11H2,1-4H3. The molecule has 0 amide bonds. The van der Waals surface area contributed by atoms with Crippen LogP contribution in [-0.2, 0) is 13.6 Å². The second-order valence-corrected chi connectivity index (χ2v) is 5.38. The van der Waals surface area contributed by atoms with Gasteiger partial charge in [-0.15, -0.1) is 0 Å². The first-order valence-corrected chi connectivity index (χ1v) is 6.87. The Balaban J connectivity index is 1.96. The molecule has 1 N–H and O–H groups in total. The molecule has 0 bridgehead atoms. The Kier molecular flexibility index (Phi) is 4.38. The van der Waals surface area contributed by atoms with Crippen molar-refractivity contribution in [3.05, 3.63) is 53.6 Å². The first-order chi connectivity index (χ1) is 9.08. The molecule has 1 atom stereocenters. The van der Waals surface area contributed by atoms with Crippen LogP contribution in [0.15, 0.2) is 36.7 Å². The molecule has 0 radical (unpaired) electrons. The monoisotopic (exact) mass is 257 g/mol. The molecule has 19 heavy (non-hydrogen) atoms. The summed E-state index contributed by atoms with van der Waals surface area (Å²) >= 11 is 0. The third kappa shape index (κ3) is 3.44. The number of imidazole rings is 1. The summed E-state index contributed by atoms with van der Waals surface area (Å²) < 4.78 is 2.04. The smallest absolute Gasteiger partial charge is 0.122 e. The van der Waals surface area contributed by atoms with Gasteiger partial charge in [-0.25, -0.2) is 4.98 Å². The van der Waals surface area contributed by atoms with E-state index in [2.05, 4.69) is 55.3 Å². The maximum absolute atomic E-state index is 4.32. The Morgan fingerprint density at radius 2 is 1.74 bits per heavy atom. The van der Waals surface area contributed by atoms with Gasteiger partial charge >= 0.3 is 0 Å². The van der Waals surface area contributed by atoms with E-state index in [9.17, 15) is 0 Å². The number of rotatable bonds is 5. The maximum Gasteiger partial charge on any atom is 0.122 e. The molecule has 1 aromatic heterocycles. The van der Waals surface area contributed by atoms with E-state index in [1.54, 1.807) is 0 Å². The summed E-state index contributed by atoms with van der Waals surface area (Å²) in [5.74, 6) is 1.65. The summed E-state index contributed by atoms with van der Waals surface area (Å²) in [7, 11) is 2.02. The second-order valence-electron chi connectivity index (χ2n) is 5.38. The van der Waals surface area contributed by atoms with Gasteiger partial charge in [-0.1, -0.05) is 38.1 Å². The van der Waals surface area contributed by atoms with Gasteiger partial charge in [-0.3, -0.25) is 0 Å². The van der Waals surface area contributed by atoms with Crippen molar-refractivity contribution in [2.75, 3.05) is 0 Å². The van der Waals surface area contributed by atoms with Crippen molar-refractivity contribution >= 4 is 0 Å². The fraction of sp³-hybridized carbons (Fsp3) is 0.438. The van der Waals surface area contributed by atoms with Gasteiger partial charge in [0, 0.05) is 25.5 Å². The number of hydrogen-bond acceptors (Lipinski definition) is 2. The minimum Gasteiger partial charge on any atom is -0.337 e. The molecule has 0 saturated carbocycles. The molecule has 3 heteroatoms. The lowest BCUT2D eigenvalue weighted by atomic mass is 9.99. The highest BCUT2D eigenvalue weighted by Gasteiger charge is 2.07.